The van der Waals surface area contributed by atoms with E-state index in [1.165, 1.54) is 0 Å². The third-order valence-corrected chi connectivity index (χ3v) is 3.06. The van der Waals surface area contributed by atoms with E-state index in [9.17, 15) is 4.57 Å². The van der Waals surface area contributed by atoms with Gasteiger partial charge in [-0.05, 0) is 16.7 Å². The third kappa shape index (κ3) is 3.41. The predicted molar refractivity (Wildman–Crippen MR) is 72.0 cm³/mol. The first-order valence-corrected chi connectivity index (χ1v) is 7.13. The van der Waals surface area contributed by atoms with E-state index in [2.05, 4.69) is 0 Å². The molecule has 0 saturated carbocycles. The average molecular weight is 260 g/mol. The highest BCUT2D eigenvalue weighted by molar-refractivity contribution is 7.55. The number of hydrogen-bond acceptors (Lipinski definition) is 1. The molecule has 0 bridgehead atoms. The van der Waals surface area contributed by atoms with Crippen LogP contribution in [0.4, 0.5) is 0 Å². The molecule has 0 aromatic heterocycles. The molecule has 0 radical (unpaired) electrons. The van der Waals surface area contributed by atoms with Gasteiger partial charge in [-0.3, -0.25) is 4.57 Å². The van der Waals surface area contributed by atoms with Crippen LogP contribution in [0.1, 0.15) is 11.1 Å². The summed E-state index contributed by atoms with van der Waals surface area (Å²) in [6.07, 6.45) is 0. The first-order valence-electron chi connectivity index (χ1n) is 5.45. The zero-order valence-corrected chi connectivity index (χ0v) is 10.5. The van der Waals surface area contributed by atoms with Crippen molar-refractivity contribution in [2.24, 2.45) is 0 Å². The summed E-state index contributed by atoms with van der Waals surface area (Å²) < 4.78 is 11.2. The Morgan fingerprint density at radius 3 is 1.56 bits per heavy atom. The Labute approximate surface area is 106 Å². The second-order valence-electron chi connectivity index (χ2n) is 3.86. The number of rotatable bonds is 3. The van der Waals surface area contributed by atoms with Crippen LogP contribution >= 0.6 is 7.60 Å². The Morgan fingerprint density at radius 2 is 1.22 bits per heavy atom. The lowest BCUT2D eigenvalue weighted by Crippen LogP contribution is -1.88. The normalized spacial score (nSPS) is 11.0. The van der Waals surface area contributed by atoms with Crippen molar-refractivity contribution in [3.63, 3.8) is 0 Å². The molecule has 0 unspecified atom stereocenters. The minimum Gasteiger partial charge on any atom is -0.321 e. The Morgan fingerprint density at radius 1 is 0.833 bits per heavy atom. The Kier molecular flexibility index (Phi) is 3.78. The highest BCUT2D eigenvalue weighted by atomic mass is 31.2. The Balaban J connectivity index is 2.56. The molecular formula is C14H13O3P. The van der Waals surface area contributed by atoms with Crippen LogP contribution in [0.25, 0.3) is 5.57 Å². The quantitative estimate of drug-likeness (QED) is 0.833. The molecule has 3 nitrogen and oxygen atoms in total. The molecule has 2 aromatic carbocycles. The van der Waals surface area contributed by atoms with Crippen LogP contribution in [0.5, 0.6) is 0 Å². The summed E-state index contributed by atoms with van der Waals surface area (Å²) in [6, 6.07) is 18.4. The van der Waals surface area contributed by atoms with Gasteiger partial charge in [0.25, 0.3) is 0 Å². The molecule has 0 amide bonds. The van der Waals surface area contributed by atoms with Crippen LogP contribution in [0.3, 0.4) is 0 Å². The molecule has 0 aliphatic rings. The lowest BCUT2D eigenvalue weighted by Gasteiger charge is -2.09. The zero-order valence-electron chi connectivity index (χ0n) is 9.60. The summed E-state index contributed by atoms with van der Waals surface area (Å²) >= 11 is 0. The van der Waals surface area contributed by atoms with Crippen molar-refractivity contribution in [2.75, 3.05) is 0 Å². The molecule has 2 aromatic rings. The highest BCUT2D eigenvalue weighted by Crippen LogP contribution is 2.41. The van der Waals surface area contributed by atoms with E-state index in [1.807, 2.05) is 60.7 Å². The molecule has 0 aliphatic carbocycles. The number of hydrogen-bond donors (Lipinski definition) is 2. The predicted octanol–water partition coefficient (Wildman–Crippen LogP) is 3.25. The summed E-state index contributed by atoms with van der Waals surface area (Å²) in [5.41, 5.74) is 2.11. The van der Waals surface area contributed by atoms with Crippen LogP contribution in [0, 0.1) is 0 Å². The second-order valence-corrected chi connectivity index (χ2v) is 5.30. The van der Waals surface area contributed by atoms with Crippen molar-refractivity contribution < 1.29 is 14.4 Å². The standard InChI is InChI=1S/C14H13O3P/c15-18(16,17)11-14(12-7-3-1-4-8-12)13-9-5-2-6-10-13/h1-11H,(H2,15,16,17). The minimum atomic E-state index is -4.21. The van der Waals surface area contributed by atoms with Crippen molar-refractivity contribution in [3.8, 4) is 0 Å². The maximum Gasteiger partial charge on any atom is 0.349 e. The van der Waals surface area contributed by atoms with Gasteiger partial charge >= 0.3 is 7.60 Å². The topological polar surface area (TPSA) is 57.5 Å². The van der Waals surface area contributed by atoms with Gasteiger partial charge in [-0.1, -0.05) is 60.7 Å². The number of benzene rings is 2. The summed E-state index contributed by atoms with van der Waals surface area (Å²) in [7, 11) is -4.21. The molecule has 0 saturated heterocycles. The lowest BCUT2D eigenvalue weighted by atomic mass is 10.00. The molecular weight excluding hydrogens is 247 g/mol. The van der Waals surface area contributed by atoms with Gasteiger partial charge in [-0.25, -0.2) is 0 Å². The Bertz CT molecular complexity index is 543. The van der Waals surface area contributed by atoms with Crippen LogP contribution in [-0.4, -0.2) is 9.79 Å². The molecule has 4 heteroatoms. The molecule has 92 valence electrons. The molecule has 2 N–H and O–H groups in total. The summed E-state index contributed by atoms with van der Waals surface area (Å²) in [4.78, 5) is 18.3. The first-order chi connectivity index (χ1) is 8.56. The molecule has 18 heavy (non-hydrogen) atoms. The largest absolute Gasteiger partial charge is 0.349 e. The fourth-order valence-electron chi connectivity index (χ4n) is 1.72. The van der Waals surface area contributed by atoms with E-state index < -0.39 is 7.60 Å². The highest BCUT2D eigenvalue weighted by Gasteiger charge is 2.13. The van der Waals surface area contributed by atoms with Crippen molar-refractivity contribution >= 4 is 13.2 Å². The van der Waals surface area contributed by atoms with Crippen LogP contribution in [0.15, 0.2) is 66.5 Å². The maximum atomic E-state index is 11.2. The Hall–Kier alpha value is -1.67. The van der Waals surface area contributed by atoms with E-state index in [4.69, 9.17) is 9.79 Å². The molecule has 0 fully saturated rings. The van der Waals surface area contributed by atoms with Crippen molar-refractivity contribution in [1.29, 1.82) is 0 Å². The van der Waals surface area contributed by atoms with Gasteiger partial charge in [0.2, 0.25) is 0 Å². The van der Waals surface area contributed by atoms with Gasteiger partial charge in [0.1, 0.15) is 0 Å². The molecule has 0 heterocycles. The van der Waals surface area contributed by atoms with Crippen LogP contribution < -0.4 is 0 Å². The van der Waals surface area contributed by atoms with Gasteiger partial charge in [-0.15, -0.1) is 0 Å². The zero-order chi connectivity index (χ0) is 13.0. The molecule has 0 atom stereocenters. The fourth-order valence-corrected chi connectivity index (χ4v) is 2.35. The van der Waals surface area contributed by atoms with E-state index in [-0.39, 0.29) is 0 Å². The summed E-state index contributed by atoms with van der Waals surface area (Å²) in [5.74, 6) is 1.01. The maximum absolute atomic E-state index is 11.2. The van der Waals surface area contributed by atoms with Crippen molar-refractivity contribution in [1.82, 2.24) is 0 Å². The minimum absolute atomic E-state index is 0.546. The second kappa shape index (κ2) is 5.32. The van der Waals surface area contributed by atoms with Gasteiger partial charge in [0.15, 0.2) is 0 Å². The van der Waals surface area contributed by atoms with E-state index >= 15 is 0 Å². The molecule has 0 spiro atoms. The van der Waals surface area contributed by atoms with E-state index in [0.717, 1.165) is 16.9 Å². The van der Waals surface area contributed by atoms with Gasteiger partial charge in [0, 0.05) is 5.82 Å². The van der Waals surface area contributed by atoms with Gasteiger partial charge < -0.3 is 9.79 Å². The van der Waals surface area contributed by atoms with Gasteiger partial charge in [0.05, 0.1) is 0 Å². The molecule has 2 rings (SSSR count). The fraction of sp³-hybridized carbons (Fsp3) is 0. The van der Waals surface area contributed by atoms with Crippen molar-refractivity contribution in [3.05, 3.63) is 77.6 Å². The van der Waals surface area contributed by atoms with Gasteiger partial charge in [-0.2, -0.15) is 0 Å². The summed E-state index contributed by atoms with van der Waals surface area (Å²) in [6.45, 7) is 0. The smallest absolute Gasteiger partial charge is 0.321 e. The summed E-state index contributed by atoms with van der Waals surface area (Å²) in [5, 5.41) is 0. The SMILES string of the molecule is O=P(O)(O)C=C(c1ccccc1)c1ccccc1. The van der Waals surface area contributed by atoms with Crippen LogP contribution in [-0.2, 0) is 4.57 Å². The van der Waals surface area contributed by atoms with E-state index in [0.29, 0.717) is 5.57 Å². The van der Waals surface area contributed by atoms with Crippen molar-refractivity contribution in [2.45, 2.75) is 0 Å². The van der Waals surface area contributed by atoms with Crippen LogP contribution in [0.2, 0.25) is 0 Å². The van der Waals surface area contributed by atoms with E-state index in [1.54, 1.807) is 0 Å². The first kappa shape index (κ1) is 12.8. The monoisotopic (exact) mass is 260 g/mol. The molecule has 0 aliphatic heterocycles. The average Bonchev–Trinajstić information content (AvgIpc) is 2.37. The lowest BCUT2D eigenvalue weighted by molar-refractivity contribution is 0.386. The third-order valence-electron chi connectivity index (χ3n) is 2.47.